The maximum atomic E-state index is 13.6. The van der Waals surface area contributed by atoms with Crippen LogP contribution in [-0.4, -0.2) is 18.1 Å². The number of benzene rings is 1. The number of hydrogen-bond acceptors (Lipinski definition) is 2. The number of halogens is 3. The van der Waals surface area contributed by atoms with Crippen molar-refractivity contribution in [1.29, 1.82) is 0 Å². The number of nitrogens with one attached hydrogen (secondary N) is 1. The molecule has 4 nitrogen and oxygen atoms in total. The largest absolute Gasteiger partial charge is 0.434 e. The maximum absolute atomic E-state index is 13.6. The van der Waals surface area contributed by atoms with E-state index in [-0.39, 0.29) is 29.4 Å². The van der Waals surface area contributed by atoms with Crippen molar-refractivity contribution in [3.63, 3.8) is 0 Å². The molecule has 7 heteroatoms. The lowest BCUT2D eigenvalue weighted by Crippen LogP contribution is -2.45. The highest BCUT2D eigenvalue weighted by atomic mass is 19.3. The summed E-state index contributed by atoms with van der Waals surface area (Å²) in [6.07, 6.45) is 0. The number of nitrogens with zero attached hydrogens (tertiary/aromatic N) is 1. The molecule has 112 valence electrons. The fourth-order valence-electron chi connectivity index (χ4n) is 1.49. The van der Waals surface area contributed by atoms with Crippen LogP contribution in [0.5, 0.6) is 5.75 Å². The van der Waals surface area contributed by atoms with Crippen LogP contribution in [0.4, 0.5) is 13.2 Å². The molecule has 0 aliphatic heterocycles. The molecule has 1 rings (SSSR count). The van der Waals surface area contributed by atoms with E-state index in [1.165, 1.54) is 12.1 Å². The van der Waals surface area contributed by atoms with Gasteiger partial charge in [0.1, 0.15) is 11.6 Å². The zero-order valence-corrected chi connectivity index (χ0v) is 11.6. The van der Waals surface area contributed by atoms with Crippen LogP contribution >= 0.6 is 0 Å². The van der Waals surface area contributed by atoms with E-state index in [0.29, 0.717) is 0 Å². The van der Waals surface area contributed by atoms with Gasteiger partial charge in [0.05, 0.1) is 12.1 Å². The first-order valence-electron chi connectivity index (χ1n) is 5.99. The topological polar surface area (TPSA) is 59.6 Å². The molecule has 1 aromatic rings. The van der Waals surface area contributed by atoms with Crippen LogP contribution in [0.3, 0.4) is 0 Å². The Balaban J connectivity index is 2.89. The molecule has 0 saturated heterocycles. The van der Waals surface area contributed by atoms with Gasteiger partial charge < -0.3 is 15.8 Å². The number of guanidine groups is 1. The van der Waals surface area contributed by atoms with Crippen molar-refractivity contribution in [3.8, 4) is 5.75 Å². The van der Waals surface area contributed by atoms with Crippen LogP contribution < -0.4 is 15.8 Å². The summed E-state index contributed by atoms with van der Waals surface area (Å²) >= 11 is 0. The predicted octanol–water partition coefficient (Wildman–Crippen LogP) is 2.63. The van der Waals surface area contributed by atoms with Crippen LogP contribution in [0, 0.1) is 5.82 Å². The summed E-state index contributed by atoms with van der Waals surface area (Å²) in [5, 5.41) is 2.89. The van der Waals surface area contributed by atoms with Gasteiger partial charge in [0.2, 0.25) is 0 Å². The molecule has 0 aromatic heterocycles. The molecule has 0 bridgehead atoms. The highest BCUT2D eigenvalue weighted by molar-refractivity contribution is 5.78. The summed E-state index contributed by atoms with van der Waals surface area (Å²) in [6, 6.07) is 3.70. The van der Waals surface area contributed by atoms with E-state index >= 15 is 0 Å². The fourth-order valence-corrected chi connectivity index (χ4v) is 1.49. The third-order valence-electron chi connectivity index (χ3n) is 2.20. The fraction of sp³-hybridized carbons (Fsp3) is 0.462. The van der Waals surface area contributed by atoms with Gasteiger partial charge in [0.25, 0.3) is 0 Å². The van der Waals surface area contributed by atoms with E-state index in [2.05, 4.69) is 15.0 Å². The molecule has 0 atom stereocenters. The van der Waals surface area contributed by atoms with E-state index < -0.39 is 12.4 Å². The predicted molar refractivity (Wildman–Crippen MR) is 71.2 cm³/mol. The van der Waals surface area contributed by atoms with Gasteiger partial charge in [0, 0.05) is 5.54 Å². The van der Waals surface area contributed by atoms with Crippen molar-refractivity contribution in [2.75, 3.05) is 0 Å². The summed E-state index contributed by atoms with van der Waals surface area (Å²) < 4.78 is 42.4. The summed E-state index contributed by atoms with van der Waals surface area (Å²) in [7, 11) is 0. The minimum absolute atomic E-state index is 0.0635. The number of aliphatic imine (C=N–C) groups is 1. The van der Waals surface area contributed by atoms with Crippen LogP contribution in [0.15, 0.2) is 23.2 Å². The molecule has 0 aliphatic carbocycles. The maximum Gasteiger partial charge on any atom is 0.387 e. The quantitative estimate of drug-likeness (QED) is 0.661. The monoisotopic (exact) mass is 289 g/mol. The van der Waals surface area contributed by atoms with Crippen LogP contribution in [-0.2, 0) is 6.54 Å². The molecule has 0 fully saturated rings. The second-order valence-corrected chi connectivity index (χ2v) is 5.17. The van der Waals surface area contributed by atoms with Gasteiger partial charge in [-0.15, -0.1) is 0 Å². The van der Waals surface area contributed by atoms with Crippen molar-refractivity contribution < 1.29 is 17.9 Å². The van der Waals surface area contributed by atoms with Crippen molar-refractivity contribution in [2.24, 2.45) is 10.7 Å². The lowest BCUT2D eigenvalue weighted by molar-refractivity contribution is -0.0506. The van der Waals surface area contributed by atoms with Crippen LogP contribution in [0.25, 0.3) is 0 Å². The van der Waals surface area contributed by atoms with Crippen LogP contribution in [0.1, 0.15) is 26.3 Å². The van der Waals surface area contributed by atoms with Crippen molar-refractivity contribution in [2.45, 2.75) is 39.5 Å². The number of rotatable bonds is 4. The summed E-state index contributed by atoms with van der Waals surface area (Å²) in [4.78, 5) is 3.93. The highest BCUT2D eigenvalue weighted by Crippen LogP contribution is 2.24. The van der Waals surface area contributed by atoms with Gasteiger partial charge in [-0.3, -0.25) is 0 Å². The molecule has 0 heterocycles. The molecule has 0 amide bonds. The average molecular weight is 289 g/mol. The van der Waals surface area contributed by atoms with E-state index in [0.717, 1.165) is 6.07 Å². The Labute approximate surface area is 115 Å². The van der Waals surface area contributed by atoms with Gasteiger partial charge in [-0.25, -0.2) is 9.38 Å². The Bertz CT molecular complexity index is 484. The minimum Gasteiger partial charge on any atom is -0.434 e. The molecule has 0 radical (unpaired) electrons. The van der Waals surface area contributed by atoms with Gasteiger partial charge >= 0.3 is 6.61 Å². The third kappa shape index (κ3) is 5.38. The second kappa shape index (κ2) is 6.49. The minimum atomic E-state index is -3.02. The average Bonchev–Trinajstić information content (AvgIpc) is 2.24. The van der Waals surface area contributed by atoms with E-state index in [1.807, 2.05) is 20.8 Å². The first-order chi connectivity index (χ1) is 9.19. The molecule has 0 spiro atoms. The van der Waals surface area contributed by atoms with Crippen molar-refractivity contribution >= 4 is 5.96 Å². The first kappa shape index (κ1) is 16.1. The van der Waals surface area contributed by atoms with Crippen molar-refractivity contribution in [3.05, 3.63) is 29.6 Å². The summed E-state index contributed by atoms with van der Waals surface area (Å²) in [5.41, 5.74) is 5.27. The second-order valence-electron chi connectivity index (χ2n) is 5.17. The lowest BCUT2D eigenvalue weighted by Gasteiger charge is -2.21. The Morgan fingerprint density at radius 3 is 2.60 bits per heavy atom. The Morgan fingerprint density at radius 2 is 2.05 bits per heavy atom. The number of ether oxygens (including phenoxy) is 1. The zero-order valence-electron chi connectivity index (χ0n) is 11.6. The van der Waals surface area contributed by atoms with E-state index in [9.17, 15) is 13.2 Å². The lowest BCUT2D eigenvalue weighted by atomic mass is 10.1. The first-order valence-corrected chi connectivity index (χ1v) is 5.99. The van der Waals surface area contributed by atoms with Gasteiger partial charge in [-0.05, 0) is 32.9 Å². The van der Waals surface area contributed by atoms with Gasteiger partial charge in [-0.2, -0.15) is 8.78 Å². The molecule has 3 N–H and O–H groups in total. The molecule has 20 heavy (non-hydrogen) atoms. The number of alkyl halides is 2. The standard InChI is InChI=1S/C13H18F3N3O/c1-13(2,3)19-12(17)18-7-8-9(14)5-4-6-10(8)20-11(15)16/h4-6,11H,7H2,1-3H3,(H3,17,18,19). The Kier molecular flexibility index (Phi) is 5.24. The number of hydrogen-bond donors (Lipinski definition) is 2. The van der Waals surface area contributed by atoms with Crippen LogP contribution in [0.2, 0.25) is 0 Å². The molecule has 0 aliphatic rings. The molecule has 1 aromatic carbocycles. The smallest absolute Gasteiger partial charge is 0.387 e. The Morgan fingerprint density at radius 1 is 1.40 bits per heavy atom. The normalized spacial score (nSPS) is 12.7. The van der Waals surface area contributed by atoms with E-state index in [1.54, 1.807) is 0 Å². The number of nitrogens with two attached hydrogens (primary N) is 1. The molecule has 0 saturated carbocycles. The van der Waals surface area contributed by atoms with E-state index in [4.69, 9.17) is 5.73 Å². The van der Waals surface area contributed by atoms with Gasteiger partial charge in [-0.1, -0.05) is 6.07 Å². The zero-order chi connectivity index (χ0) is 15.3. The highest BCUT2D eigenvalue weighted by Gasteiger charge is 2.14. The molecular formula is C13H18F3N3O. The summed E-state index contributed by atoms with van der Waals surface area (Å²) in [6.45, 7) is 2.42. The molecule has 0 unspecified atom stereocenters. The van der Waals surface area contributed by atoms with Gasteiger partial charge in [0.15, 0.2) is 5.96 Å². The molecular weight excluding hydrogens is 271 g/mol. The van der Waals surface area contributed by atoms with Crippen molar-refractivity contribution in [1.82, 2.24) is 5.32 Å². The SMILES string of the molecule is CC(C)(C)NC(N)=NCc1c(F)cccc1OC(F)F. The Hall–Kier alpha value is -1.92. The third-order valence-corrected chi connectivity index (χ3v) is 2.20. The summed E-state index contributed by atoms with van der Waals surface area (Å²) in [5.74, 6) is -0.813.